The van der Waals surface area contributed by atoms with Gasteiger partial charge in [-0.2, -0.15) is 0 Å². The van der Waals surface area contributed by atoms with Crippen LogP contribution in [-0.4, -0.2) is 24.8 Å². The molecule has 122 valence electrons. The van der Waals surface area contributed by atoms with Gasteiger partial charge in [-0.25, -0.2) is 13.1 Å². The largest absolute Gasteiger partial charge is 0.364 e. The third-order valence-corrected chi connectivity index (χ3v) is 4.76. The van der Waals surface area contributed by atoms with Gasteiger partial charge in [0.25, 0.3) is 5.91 Å². The van der Waals surface area contributed by atoms with Crippen LogP contribution in [-0.2, 0) is 10.0 Å². The van der Waals surface area contributed by atoms with E-state index in [0.717, 1.165) is 0 Å². The molecule has 0 aliphatic carbocycles. The first kappa shape index (κ1) is 17.1. The Kier molecular flexibility index (Phi) is 4.53. The van der Waals surface area contributed by atoms with E-state index in [-0.39, 0.29) is 10.6 Å². The fourth-order valence-electron chi connectivity index (χ4n) is 2.10. The summed E-state index contributed by atoms with van der Waals surface area (Å²) in [6, 6.07) is 9.72. The zero-order chi connectivity index (χ0) is 17.3. The van der Waals surface area contributed by atoms with Crippen molar-refractivity contribution in [2.45, 2.75) is 31.2 Å². The van der Waals surface area contributed by atoms with E-state index in [0.29, 0.717) is 11.1 Å². The summed E-state index contributed by atoms with van der Waals surface area (Å²) < 4.78 is 27.9. The van der Waals surface area contributed by atoms with E-state index < -0.39 is 21.5 Å². The first-order chi connectivity index (χ1) is 10.6. The molecule has 1 amide bonds. The Hall–Kier alpha value is -2.25. The Bertz CT molecular complexity index is 822. The molecule has 3 N–H and O–H groups in total. The van der Waals surface area contributed by atoms with Crippen molar-refractivity contribution in [2.24, 2.45) is 5.73 Å². The molecule has 0 unspecified atom stereocenters. The SMILES string of the molecule is CC(C)(C)NS(=O)(=O)c1ccccc1-c1ccc(C(N)=O)nc1. The Balaban J connectivity index is 2.51. The van der Waals surface area contributed by atoms with Gasteiger partial charge in [0.1, 0.15) is 5.69 Å². The van der Waals surface area contributed by atoms with Crippen LogP contribution in [0, 0.1) is 0 Å². The number of carbonyl (C=O) groups excluding carboxylic acids is 1. The van der Waals surface area contributed by atoms with Crippen LogP contribution in [0.2, 0.25) is 0 Å². The highest BCUT2D eigenvalue weighted by atomic mass is 32.2. The van der Waals surface area contributed by atoms with Crippen molar-refractivity contribution in [2.75, 3.05) is 0 Å². The lowest BCUT2D eigenvalue weighted by atomic mass is 10.1. The van der Waals surface area contributed by atoms with Gasteiger partial charge in [-0.3, -0.25) is 9.78 Å². The smallest absolute Gasteiger partial charge is 0.267 e. The van der Waals surface area contributed by atoms with Crippen molar-refractivity contribution in [1.29, 1.82) is 0 Å². The molecule has 0 saturated carbocycles. The van der Waals surface area contributed by atoms with Crippen molar-refractivity contribution >= 4 is 15.9 Å². The summed E-state index contributed by atoms with van der Waals surface area (Å²) in [6.45, 7) is 5.32. The van der Waals surface area contributed by atoms with Crippen molar-refractivity contribution in [1.82, 2.24) is 9.71 Å². The van der Waals surface area contributed by atoms with E-state index in [9.17, 15) is 13.2 Å². The minimum Gasteiger partial charge on any atom is -0.364 e. The molecular formula is C16H19N3O3S. The zero-order valence-electron chi connectivity index (χ0n) is 13.2. The molecule has 2 aromatic rings. The summed E-state index contributed by atoms with van der Waals surface area (Å²) in [5, 5.41) is 0. The molecule has 23 heavy (non-hydrogen) atoms. The molecule has 0 atom stereocenters. The number of rotatable bonds is 4. The van der Waals surface area contributed by atoms with Gasteiger partial charge in [0.15, 0.2) is 0 Å². The van der Waals surface area contributed by atoms with E-state index in [1.54, 1.807) is 45.0 Å². The van der Waals surface area contributed by atoms with Gasteiger partial charge in [0.05, 0.1) is 4.90 Å². The predicted molar refractivity (Wildman–Crippen MR) is 88.3 cm³/mol. The maximum atomic E-state index is 12.6. The lowest BCUT2D eigenvalue weighted by Crippen LogP contribution is -2.40. The predicted octanol–water partition coefficient (Wildman–Crippen LogP) is 1.92. The highest BCUT2D eigenvalue weighted by molar-refractivity contribution is 7.89. The number of sulfonamides is 1. The number of benzene rings is 1. The summed E-state index contributed by atoms with van der Waals surface area (Å²) in [7, 11) is -3.69. The van der Waals surface area contributed by atoms with Gasteiger partial charge in [-0.05, 0) is 32.9 Å². The van der Waals surface area contributed by atoms with Crippen LogP contribution in [0.5, 0.6) is 0 Å². The average Bonchev–Trinajstić information content (AvgIpc) is 2.45. The molecule has 1 heterocycles. The minimum absolute atomic E-state index is 0.127. The quantitative estimate of drug-likeness (QED) is 0.892. The highest BCUT2D eigenvalue weighted by Gasteiger charge is 2.24. The third kappa shape index (κ3) is 4.14. The van der Waals surface area contributed by atoms with E-state index in [1.165, 1.54) is 18.3 Å². The monoisotopic (exact) mass is 333 g/mol. The van der Waals surface area contributed by atoms with E-state index in [2.05, 4.69) is 9.71 Å². The second-order valence-electron chi connectivity index (χ2n) is 6.15. The number of pyridine rings is 1. The maximum Gasteiger partial charge on any atom is 0.267 e. The van der Waals surface area contributed by atoms with Gasteiger partial charge in [-0.15, -0.1) is 0 Å². The van der Waals surface area contributed by atoms with Gasteiger partial charge >= 0.3 is 0 Å². The number of nitrogens with zero attached hydrogens (tertiary/aromatic N) is 1. The van der Waals surface area contributed by atoms with Gasteiger partial charge in [-0.1, -0.05) is 24.3 Å². The van der Waals surface area contributed by atoms with Crippen LogP contribution in [0.4, 0.5) is 0 Å². The number of hydrogen-bond acceptors (Lipinski definition) is 4. The molecule has 6 nitrogen and oxygen atoms in total. The normalized spacial score (nSPS) is 12.1. The second kappa shape index (κ2) is 6.10. The fourth-order valence-corrected chi connectivity index (χ4v) is 3.75. The van der Waals surface area contributed by atoms with Gasteiger partial charge < -0.3 is 5.73 Å². The van der Waals surface area contributed by atoms with Gasteiger partial charge in [0, 0.05) is 22.9 Å². The lowest BCUT2D eigenvalue weighted by Gasteiger charge is -2.21. The van der Waals surface area contributed by atoms with E-state index >= 15 is 0 Å². The topological polar surface area (TPSA) is 102 Å². The van der Waals surface area contributed by atoms with Crippen molar-refractivity contribution < 1.29 is 13.2 Å². The van der Waals surface area contributed by atoms with Gasteiger partial charge in [0.2, 0.25) is 10.0 Å². The maximum absolute atomic E-state index is 12.6. The minimum atomic E-state index is -3.69. The van der Waals surface area contributed by atoms with Crippen LogP contribution >= 0.6 is 0 Å². The molecular weight excluding hydrogens is 314 g/mol. The summed E-state index contributed by atoms with van der Waals surface area (Å²) in [4.78, 5) is 15.2. The summed E-state index contributed by atoms with van der Waals surface area (Å²) in [6.07, 6.45) is 1.44. The Morgan fingerprint density at radius 3 is 2.30 bits per heavy atom. The van der Waals surface area contributed by atoms with E-state index in [1.807, 2.05) is 0 Å². The average molecular weight is 333 g/mol. The Morgan fingerprint density at radius 1 is 1.13 bits per heavy atom. The number of amides is 1. The standard InChI is InChI=1S/C16H19N3O3S/c1-16(2,3)19-23(21,22)14-7-5-4-6-12(14)11-8-9-13(15(17)20)18-10-11/h4-10,19H,1-3H3,(H2,17,20). The van der Waals surface area contributed by atoms with Crippen molar-refractivity contribution in [3.63, 3.8) is 0 Å². The molecule has 0 bridgehead atoms. The highest BCUT2D eigenvalue weighted by Crippen LogP contribution is 2.27. The molecule has 2 rings (SSSR count). The number of primary amides is 1. The molecule has 1 aromatic carbocycles. The molecule has 7 heteroatoms. The molecule has 0 radical (unpaired) electrons. The Labute approximate surface area is 135 Å². The fraction of sp³-hybridized carbons (Fsp3) is 0.250. The van der Waals surface area contributed by atoms with Crippen LogP contribution in [0.1, 0.15) is 31.3 Å². The number of hydrogen-bond donors (Lipinski definition) is 2. The first-order valence-corrected chi connectivity index (χ1v) is 8.48. The summed E-state index contributed by atoms with van der Waals surface area (Å²) >= 11 is 0. The molecule has 0 aliphatic rings. The summed E-state index contributed by atoms with van der Waals surface area (Å²) in [5.41, 5.74) is 5.79. The Morgan fingerprint density at radius 2 is 1.78 bits per heavy atom. The van der Waals surface area contributed by atoms with Crippen LogP contribution in [0.3, 0.4) is 0 Å². The van der Waals surface area contributed by atoms with Crippen LogP contribution in [0.15, 0.2) is 47.5 Å². The molecule has 0 saturated heterocycles. The number of aromatic nitrogens is 1. The second-order valence-corrected chi connectivity index (χ2v) is 7.80. The first-order valence-electron chi connectivity index (χ1n) is 6.99. The van der Waals surface area contributed by atoms with Crippen LogP contribution in [0.25, 0.3) is 11.1 Å². The molecule has 1 aromatic heterocycles. The van der Waals surface area contributed by atoms with Crippen LogP contribution < -0.4 is 10.5 Å². The number of carbonyl (C=O) groups is 1. The lowest BCUT2D eigenvalue weighted by molar-refractivity contribution is 0.0995. The molecule has 0 aliphatic heterocycles. The third-order valence-electron chi connectivity index (χ3n) is 2.94. The van der Waals surface area contributed by atoms with Crippen molar-refractivity contribution in [3.8, 4) is 11.1 Å². The summed E-state index contributed by atoms with van der Waals surface area (Å²) in [5.74, 6) is -0.633. The van der Waals surface area contributed by atoms with Crippen molar-refractivity contribution in [3.05, 3.63) is 48.3 Å². The van der Waals surface area contributed by atoms with E-state index in [4.69, 9.17) is 5.73 Å². The number of nitrogens with two attached hydrogens (primary N) is 1. The molecule has 0 fully saturated rings. The number of nitrogens with one attached hydrogen (secondary N) is 1. The molecule has 0 spiro atoms. The zero-order valence-corrected chi connectivity index (χ0v) is 14.0.